The first-order valence-electron chi connectivity index (χ1n) is 5.76. The third kappa shape index (κ3) is 2.58. The van der Waals surface area contributed by atoms with Crippen LogP contribution in [0.1, 0.15) is 18.2 Å². The van der Waals surface area contributed by atoms with Crippen LogP contribution in [0.2, 0.25) is 0 Å². The molecule has 1 saturated heterocycles. The Morgan fingerprint density at radius 2 is 2.50 bits per heavy atom. The molecule has 4 heteroatoms. The fourth-order valence-electron chi connectivity index (χ4n) is 2.01. The zero-order valence-electron chi connectivity index (χ0n) is 9.72. The first-order chi connectivity index (χ1) is 7.81. The molecule has 1 atom stereocenters. The quantitative estimate of drug-likeness (QED) is 0.818. The summed E-state index contributed by atoms with van der Waals surface area (Å²) >= 11 is 0. The van der Waals surface area contributed by atoms with Crippen LogP contribution in [-0.4, -0.2) is 35.7 Å². The topological polar surface area (TPSA) is 51.4 Å². The Balaban J connectivity index is 2.07. The molecule has 0 spiro atoms. The summed E-state index contributed by atoms with van der Waals surface area (Å²) in [5.41, 5.74) is 7.92. The first kappa shape index (κ1) is 11.5. The number of morpholine rings is 1. The summed E-state index contributed by atoms with van der Waals surface area (Å²) in [6.07, 6.45) is 1.80. The lowest BCUT2D eigenvalue weighted by molar-refractivity contribution is -0.00452. The van der Waals surface area contributed by atoms with Crippen molar-refractivity contribution in [3.8, 4) is 0 Å². The standard InChI is InChI=1S/C12H19N3O/c1-10-9-16-6-5-15(10)8-11-3-2-4-14-12(11)7-13/h2-4,10H,5-9,13H2,1H3. The van der Waals surface area contributed by atoms with E-state index in [9.17, 15) is 0 Å². The van der Waals surface area contributed by atoms with Gasteiger partial charge in [0.25, 0.3) is 0 Å². The molecule has 1 aliphatic heterocycles. The molecule has 16 heavy (non-hydrogen) atoms. The van der Waals surface area contributed by atoms with E-state index in [0.717, 1.165) is 32.0 Å². The smallest absolute Gasteiger partial charge is 0.0619 e. The molecular weight excluding hydrogens is 202 g/mol. The molecular formula is C12H19N3O. The van der Waals surface area contributed by atoms with Gasteiger partial charge in [-0.3, -0.25) is 9.88 Å². The van der Waals surface area contributed by atoms with Crippen LogP contribution in [0.15, 0.2) is 18.3 Å². The zero-order valence-corrected chi connectivity index (χ0v) is 9.72. The van der Waals surface area contributed by atoms with Crippen molar-refractivity contribution < 1.29 is 4.74 Å². The molecule has 1 aromatic rings. The number of rotatable bonds is 3. The largest absolute Gasteiger partial charge is 0.379 e. The molecule has 4 nitrogen and oxygen atoms in total. The van der Waals surface area contributed by atoms with Gasteiger partial charge in [0.1, 0.15) is 0 Å². The maximum absolute atomic E-state index is 5.68. The molecule has 0 aromatic carbocycles. The minimum Gasteiger partial charge on any atom is -0.379 e. The second-order valence-electron chi connectivity index (χ2n) is 4.21. The van der Waals surface area contributed by atoms with Crippen molar-refractivity contribution in [1.29, 1.82) is 0 Å². The molecule has 1 aromatic heterocycles. The third-order valence-electron chi connectivity index (χ3n) is 3.06. The number of hydrogen-bond acceptors (Lipinski definition) is 4. The maximum Gasteiger partial charge on any atom is 0.0619 e. The molecule has 0 amide bonds. The summed E-state index contributed by atoms with van der Waals surface area (Å²) in [5, 5.41) is 0. The summed E-state index contributed by atoms with van der Waals surface area (Å²) in [7, 11) is 0. The van der Waals surface area contributed by atoms with Gasteiger partial charge in [0.05, 0.1) is 18.9 Å². The van der Waals surface area contributed by atoms with Crippen molar-refractivity contribution >= 4 is 0 Å². The fraction of sp³-hybridized carbons (Fsp3) is 0.583. The van der Waals surface area contributed by atoms with Crippen molar-refractivity contribution in [3.63, 3.8) is 0 Å². The van der Waals surface area contributed by atoms with Crippen LogP contribution in [-0.2, 0) is 17.8 Å². The van der Waals surface area contributed by atoms with E-state index < -0.39 is 0 Å². The van der Waals surface area contributed by atoms with Crippen molar-refractivity contribution in [3.05, 3.63) is 29.6 Å². The Bertz CT molecular complexity index is 343. The summed E-state index contributed by atoms with van der Waals surface area (Å²) in [4.78, 5) is 6.72. The van der Waals surface area contributed by atoms with Gasteiger partial charge in [-0.1, -0.05) is 6.07 Å². The molecule has 88 valence electrons. The average Bonchev–Trinajstić information content (AvgIpc) is 2.33. The lowest BCUT2D eigenvalue weighted by Crippen LogP contribution is -2.43. The van der Waals surface area contributed by atoms with Gasteiger partial charge in [0, 0.05) is 31.9 Å². The lowest BCUT2D eigenvalue weighted by atomic mass is 10.1. The highest BCUT2D eigenvalue weighted by molar-refractivity contribution is 5.19. The predicted molar refractivity (Wildman–Crippen MR) is 62.8 cm³/mol. The van der Waals surface area contributed by atoms with E-state index in [1.807, 2.05) is 6.07 Å². The van der Waals surface area contributed by atoms with Gasteiger partial charge in [-0.15, -0.1) is 0 Å². The zero-order chi connectivity index (χ0) is 11.4. The van der Waals surface area contributed by atoms with Crippen LogP contribution >= 0.6 is 0 Å². The molecule has 0 radical (unpaired) electrons. The molecule has 0 aliphatic carbocycles. The fourth-order valence-corrected chi connectivity index (χ4v) is 2.01. The second-order valence-corrected chi connectivity index (χ2v) is 4.21. The van der Waals surface area contributed by atoms with Crippen LogP contribution < -0.4 is 5.73 Å². The second kappa shape index (κ2) is 5.39. The number of ether oxygens (including phenoxy) is 1. The number of nitrogens with zero attached hydrogens (tertiary/aromatic N) is 2. The number of hydrogen-bond donors (Lipinski definition) is 1. The van der Waals surface area contributed by atoms with Gasteiger partial charge in [0.2, 0.25) is 0 Å². The highest BCUT2D eigenvalue weighted by Gasteiger charge is 2.19. The van der Waals surface area contributed by atoms with Gasteiger partial charge in [0.15, 0.2) is 0 Å². The average molecular weight is 221 g/mol. The highest BCUT2D eigenvalue weighted by atomic mass is 16.5. The van der Waals surface area contributed by atoms with E-state index in [0.29, 0.717) is 12.6 Å². The Hall–Kier alpha value is -0.970. The number of aromatic nitrogens is 1. The molecule has 0 saturated carbocycles. The van der Waals surface area contributed by atoms with Crippen LogP contribution in [0.4, 0.5) is 0 Å². The van der Waals surface area contributed by atoms with Crippen molar-refractivity contribution in [2.45, 2.75) is 26.1 Å². The monoisotopic (exact) mass is 221 g/mol. The van der Waals surface area contributed by atoms with Gasteiger partial charge in [-0.25, -0.2) is 0 Å². The number of pyridine rings is 1. The predicted octanol–water partition coefficient (Wildman–Crippen LogP) is 0.761. The Kier molecular flexibility index (Phi) is 3.88. The van der Waals surface area contributed by atoms with Crippen LogP contribution in [0.5, 0.6) is 0 Å². The summed E-state index contributed by atoms with van der Waals surface area (Å²) in [5.74, 6) is 0. The van der Waals surface area contributed by atoms with Crippen molar-refractivity contribution in [1.82, 2.24) is 9.88 Å². The minimum absolute atomic E-state index is 0.472. The first-order valence-corrected chi connectivity index (χ1v) is 5.76. The van der Waals surface area contributed by atoms with Gasteiger partial charge in [-0.05, 0) is 18.6 Å². The van der Waals surface area contributed by atoms with Crippen LogP contribution in [0.3, 0.4) is 0 Å². The SMILES string of the molecule is CC1COCCN1Cc1cccnc1CN. The minimum atomic E-state index is 0.472. The van der Waals surface area contributed by atoms with Crippen molar-refractivity contribution in [2.24, 2.45) is 5.73 Å². The Morgan fingerprint density at radius 1 is 1.62 bits per heavy atom. The van der Waals surface area contributed by atoms with E-state index in [2.05, 4.69) is 22.9 Å². The van der Waals surface area contributed by atoms with E-state index in [1.165, 1.54) is 5.56 Å². The van der Waals surface area contributed by atoms with E-state index in [1.54, 1.807) is 6.20 Å². The maximum atomic E-state index is 5.68. The van der Waals surface area contributed by atoms with Gasteiger partial charge < -0.3 is 10.5 Å². The number of nitrogens with two attached hydrogens (primary N) is 1. The summed E-state index contributed by atoms with van der Waals surface area (Å²) in [6, 6.07) is 4.55. The molecule has 0 bridgehead atoms. The van der Waals surface area contributed by atoms with Gasteiger partial charge >= 0.3 is 0 Å². The van der Waals surface area contributed by atoms with Gasteiger partial charge in [-0.2, -0.15) is 0 Å². The Morgan fingerprint density at radius 3 is 3.25 bits per heavy atom. The normalized spacial score (nSPS) is 22.2. The summed E-state index contributed by atoms with van der Waals surface area (Å²) < 4.78 is 5.42. The third-order valence-corrected chi connectivity index (χ3v) is 3.06. The van der Waals surface area contributed by atoms with E-state index in [-0.39, 0.29) is 0 Å². The highest BCUT2D eigenvalue weighted by Crippen LogP contribution is 2.13. The summed E-state index contributed by atoms with van der Waals surface area (Å²) in [6.45, 7) is 6.25. The molecule has 2 heterocycles. The van der Waals surface area contributed by atoms with Crippen LogP contribution in [0.25, 0.3) is 0 Å². The van der Waals surface area contributed by atoms with Crippen molar-refractivity contribution in [2.75, 3.05) is 19.8 Å². The lowest BCUT2D eigenvalue weighted by Gasteiger charge is -2.33. The van der Waals surface area contributed by atoms with E-state index in [4.69, 9.17) is 10.5 Å². The Labute approximate surface area is 96.4 Å². The molecule has 1 aliphatic rings. The molecule has 1 fully saturated rings. The molecule has 1 unspecified atom stereocenters. The molecule has 2 N–H and O–H groups in total. The van der Waals surface area contributed by atoms with E-state index >= 15 is 0 Å². The van der Waals surface area contributed by atoms with Crippen LogP contribution in [0, 0.1) is 0 Å². The molecule has 2 rings (SSSR count).